The minimum Gasteiger partial charge on any atom is -0.497 e. The summed E-state index contributed by atoms with van der Waals surface area (Å²) in [7, 11) is 0.655. The molecule has 0 aromatic heterocycles. The van der Waals surface area contributed by atoms with Crippen LogP contribution in [0.5, 0.6) is 5.75 Å². The summed E-state index contributed by atoms with van der Waals surface area (Å²) in [6.07, 6.45) is 0.438. The van der Waals surface area contributed by atoms with E-state index >= 15 is 0 Å². The van der Waals surface area contributed by atoms with E-state index in [0.29, 0.717) is 12.2 Å². The lowest BCUT2D eigenvalue weighted by Gasteiger charge is -2.45. The van der Waals surface area contributed by atoms with Gasteiger partial charge in [-0.15, -0.1) is 0 Å². The van der Waals surface area contributed by atoms with Gasteiger partial charge in [-0.2, -0.15) is 0 Å². The Morgan fingerprint density at radius 3 is 2.32 bits per heavy atom. The Morgan fingerprint density at radius 2 is 1.79 bits per heavy atom. The molecule has 8 nitrogen and oxygen atoms in total. The minimum absolute atomic E-state index is 0.00334. The molecule has 0 saturated heterocycles. The van der Waals surface area contributed by atoms with Gasteiger partial charge in [0.1, 0.15) is 16.8 Å². The number of nitrogens with zero attached hydrogens (tertiary/aromatic N) is 1. The van der Waals surface area contributed by atoms with Gasteiger partial charge in [-0.25, -0.2) is 0 Å². The van der Waals surface area contributed by atoms with Gasteiger partial charge in [-0.05, 0) is 41.9 Å². The predicted octanol–water partition coefficient (Wildman–Crippen LogP) is 5.55. The van der Waals surface area contributed by atoms with Gasteiger partial charge >= 0.3 is 5.97 Å². The summed E-state index contributed by atoms with van der Waals surface area (Å²) in [6.45, 7) is 10.8. The van der Waals surface area contributed by atoms with E-state index in [1.54, 1.807) is 19.2 Å². The Labute approximate surface area is 200 Å². The number of esters is 1. The van der Waals surface area contributed by atoms with Gasteiger partial charge in [0.15, 0.2) is 8.32 Å². The number of fused-ring (bicyclic) bond motifs is 3. The number of non-ortho nitro benzene ring substituents is 1. The molecule has 1 heterocycles. The van der Waals surface area contributed by atoms with E-state index in [2.05, 4.69) is 39.2 Å². The standard InChI is InChI=1S/C25H32N2O6Si/c1-23(2,3)34(6,7)33-25-15-24(25,22(28)32-5)21(16-8-10-17(11-9-16)27(29)30)26-20-13-12-18(31-4)14-19(20)25/h8-14,21,26H,15H2,1-7H3/t21-,24+,25+/m0/s1. The number of nitro benzene ring substituents is 1. The Hall–Kier alpha value is -2.91. The molecular weight excluding hydrogens is 452 g/mol. The van der Waals surface area contributed by atoms with Crippen molar-refractivity contribution in [1.82, 2.24) is 0 Å². The molecule has 9 heteroatoms. The third kappa shape index (κ3) is 3.41. The molecule has 0 radical (unpaired) electrons. The first-order valence-corrected chi connectivity index (χ1v) is 14.2. The summed E-state index contributed by atoms with van der Waals surface area (Å²) in [5.74, 6) is 0.314. The number of nitrogens with one attached hydrogen (secondary N) is 1. The molecule has 3 atom stereocenters. The monoisotopic (exact) mass is 484 g/mol. The van der Waals surface area contributed by atoms with Crippen molar-refractivity contribution in [3.63, 3.8) is 0 Å². The Bertz CT molecular complexity index is 1140. The number of nitro groups is 1. The highest BCUT2D eigenvalue weighted by Gasteiger charge is 2.81. The molecule has 34 heavy (non-hydrogen) atoms. The van der Waals surface area contributed by atoms with Gasteiger partial charge in [0.2, 0.25) is 0 Å². The molecule has 0 spiro atoms. The van der Waals surface area contributed by atoms with Crippen LogP contribution in [0.25, 0.3) is 0 Å². The second-order valence-corrected chi connectivity index (χ2v) is 15.4. The van der Waals surface area contributed by atoms with E-state index in [0.717, 1.165) is 16.8 Å². The molecule has 0 amide bonds. The summed E-state index contributed by atoms with van der Waals surface area (Å²) in [4.78, 5) is 24.3. The van der Waals surface area contributed by atoms with Crippen LogP contribution in [0.2, 0.25) is 18.1 Å². The average Bonchev–Trinajstić information content (AvgIpc) is 3.47. The van der Waals surface area contributed by atoms with Crippen molar-refractivity contribution in [2.24, 2.45) is 5.41 Å². The fourth-order valence-corrected chi connectivity index (χ4v) is 6.41. The molecule has 2 aliphatic rings. The van der Waals surface area contributed by atoms with Crippen LogP contribution in [-0.2, 0) is 19.6 Å². The Kier molecular flexibility index (Phi) is 5.56. The molecule has 1 aliphatic heterocycles. The number of methoxy groups -OCH3 is 2. The highest BCUT2D eigenvalue weighted by atomic mass is 28.4. The summed E-state index contributed by atoms with van der Waals surface area (Å²) in [5.41, 5.74) is 0.562. The van der Waals surface area contributed by atoms with Crippen LogP contribution in [0.4, 0.5) is 11.4 Å². The summed E-state index contributed by atoms with van der Waals surface area (Å²) in [5, 5.41) is 14.6. The molecule has 0 bridgehead atoms. The lowest BCUT2D eigenvalue weighted by molar-refractivity contribution is -0.384. The van der Waals surface area contributed by atoms with Gasteiger partial charge in [0, 0.05) is 29.8 Å². The molecule has 1 N–H and O–H groups in total. The number of hydrogen-bond donors (Lipinski definition) is 1. The molecule has 1 aliphatic carbocycles. The van der Waals surface area contributed by atoms with Crippen molar-refractivity contribution in [2.45, 2.75) is 57.0 Å². The predicted molar refractivity (Wildman–Crippen MR) is 131 cm³/mol. The van der Waals surface area contributed by atoms with Crippen LogP contribution in [0.3, 0.4) is 0 Å². The molecular formula is C25H32N2O6Si. The summed E-state index contributed by atoms with van der Waals surface area (Å²) >= 11 is 0. The van der Waals surface area contributed by atoms with Crippen molar-refractivity contribution >= 4 is 25.7 Å². The Morgan fingerprint density at radius 1 is 1.15 bits per heavy atom. The topological polar surface area (TPSA) is 99.9 Å². The second kappa shape index (κ2) is 7.81. The lowest BCUT2D eigenvalue weighted by Crippen LogP contribution is -2.50. The van der Waals surface area contributed by atoms with E-state index in [1.165, 1.54) is 19.2 Å². The normalized spacial score (nSPS) is 25.4. The van der Waals surface area contributed by atoms with E-state index in [4.69, 9.17) is 13.9 Å². The van der Waals surface area contributed by atoms with E-state index in [1.807, 2.05) is 18.2 Å². The van der Waals surface area contributed by atoms with Gasteiger partial charge in [0.25, 0.3) is 5.69 Å². The first-order chi connectivity index (χ1) is 15.8. The SMILES string of the molecule is COC(=O)[C@]12C[C@@]1(O[Si](C)(C)C(C)(C)C)c1cc(OC)ccc1N[C@H]2c1ccc([N+](=O)[O-])cc1. The van der Waals surface area contributed by atoms with E-state index < -0.39 is 30.3 Å². The molecule has 0 unspecified atom stereocenters. The number of benzene rings is 2. The van der Waals surface area contributed by atoms with Crippen LogP contribution in [0.1, 0.15) is 44.4 Å². The molecule has 2 aromatic carbocycles. The number of carbonyl (C=O) groups excluding carboxylic acids is 1. The lowest BCUT2D eigenvalue weighted by atomic mass is 9.80. The van der Waals surface area contributed by atoms with Crippen molar-refractivity contribution in [1.29, 1.82) is 0 Å². The highest BCUT2D eigenvalue weighted by Crippen LogP contribution is 2.76. The highest BCUT2D eigenvalue weighted by molar-refractivity contribution is 6.74. The molecule has 1 saturated carbocycles. The molecule has 4 rings (SSSR count). The van der Waals surface area contributed by atoms with Crippen LogP contribution in [0, 0.1) is 15.5 Å². The largest absolute Gasteiger partial charge is 0.497 e. The van der Waals surface area contributed by atoms with Gasteiger partial charge in [-0.3, -0.25) is 14.9 Å². The number of ether oxygens (including phenoxy) is 2. The van der Waals surface area contributed by atoms with Gasteiger partial charge < -0.3 is 19.2 Å². The molecule has 182 valence electrons. The summed E-state index contributed by atoms with van der Waals surface area (Å²) in [6, 6.07) is 11.6. The number of hydrogen-bond acceptors (Lipinski definition) is 7. The average molecular weight is 485 g/mol. The maximum absolute atomic E-state index is 13.5. The number of rotatable bonds is 6. The zero-order chi connectivity index (χ0) is 25.1. The van der Waals surface area contributed by atoms with Crippen LogP contribution >= 0.6 is 0 Å². The van der Waals surface area contributed by atoms with E-state index in [-0.39, 0.29) is 16.7 Å². The zero-order valence-corrected chi connectivity index (χ0v) is 21.7. The molecule has 1 fully saturated rings. The number of anilines is 1. The summed E-state index contributed by atoms with van der Waals surface area (Å²) < 4.78 is 18.0. The minimum atomic E-state index is -2.34. The van der Waals surface area contributed by atoms with Crippen molar-refractivity contribution in [2.75, 3.05) is 19.5 Å². The first-order valence-electron chi connectivity index (χ1n) is 11.3. The van der Waals surface area contributed by atoms with Crippen LogP contribution in [-0.4, -0.2) is 33.4 Å². The number of carbonyl (C=O) groups is 1. The van der Waals surface area contributed by atoms with Crippen LogP contribution < -0.4 is 10.1 Å². The third-order valence-electron chi connectivity index (χ3n) is 7.80. The van der Waals surface area contributed by atoms with Gasteiger partial charge in [-0.1, -0.05) is 32.9 Å². The van der Waals surface area contributed by atoms with Crippen LogP contribution in [0.15, 0.2) is 42.5 Å². The first kappa shape index (κ1) is 24.2. The van der Waals surface area contributed by atoms with Gasteiger partial charge in [0.05, 0.1) is 25.2 Å². The van der Waals surface area contributed by atoms with E-state index in [9.17, 15) is 14.9 Å². The quantitative estimate of drug-likeness (QED) is 0.248. The fraction of sp³-hybridized carbons (Fsp3) is 0.480. The maximum Gasteiger partial charge on any atom is 0.317 e. The van der Waals surface area contributed by atoms with Crippen molar-refractivity contribution in [3.8, 4) is 5.75 Å². The van der Waals surface area contributed by atoms with Crippen molar-refractivity contribution < 1.29 is 23.6 Å². The second-order valence-electron chi connectivity index (χ2n) is 10.7. The molecule has 2 aromatic rings. The third-order valence-corrected chi connectivity index (χ3v) is 12.3. The fourth-order valence-electron chi connectivity index (χ4n) is 4.87. The maximum atomic E-state index is 13.5. The Balaban J connectivity index is 1.93. The zero-order valence-electron chi connectivity index (χ0n) is 20.7. The van der Waals surface area contributed by atoms with Crippen molar-refractivity contribution in [3.05, 3.63) is 63.7 Å². The smallest absolute Gasteiger partial charge is 0.317 e.